The van der Waals surface area contributed by atoms with E-state index in [0.29, 0.717) is 17.4 Å². The molecule has 1 N–H and O–H groups in total. The molecular formula is C62H117NO8P+. The Morgan fingerprint density at radius 2 is 0.750 bits per heavy atom. The first-order chi connectivity index (χ1) is 35.0. The minimum atomic E-state index is -4.39. The molecule has 0 aliphatic rings. The molecule has 0 fully saturated rings. The van der Waals surface area contributed by atoms with Gasteiger partial charge in [-0.1, -0.05) is 255 Å². The van der Waals surface area contributed by atoms with E-state index in [1.54, 1.807) is 0 Å². The maximum absolute atomic E-state index is 12.8. The molecule has 0 rings (SSSR count). The van der Waals surface area contributed by atoms with Gasteiger partial charge in [-0.3, -0.25) is 9.59 Å². The molecule has 1 unspecified atom stereocenters. The van der Waals surface area contributed by atoms with Crippen molar-refractivity contribution in [3.63, 3.8) is 0 Å². The number of hydrogen-bond acceptors (Lipinski definition) is 8. The van der Waals surface area contributed by atoms with Crippen molar-refractivity contribution >= 4 is 20.1 Å². The van der Waals surface area contributed by atoms with Crippen LogP contribution in [0, 0.1) is 0 Å². The first-order valence-corrected chi connectivity index (χ1v) is 31.9. The van der Waals surface area contributed by atoms with Crippen LogP contribution in [0.4, 0.5) is 0 Å². The van der Waals surface area contributed by atoms with Crippen molar-refractivity contribution in [2.45, 2.75) is 290 Å². The van der Waals surface area contributed by atoms with Crippen LogP contribution in [0.1, 0.15) is 284 Å². The molecule has 0 aliphatic heterocycles. The van der Waals surface area contributed by atoms with Crippen molar-refractivity contribution in [3.8, 4) is 0 Å². The summed E-state index contributed by atoms with van der Waals surface area (Å²) in [6.45, 7) is 4.44. The SMILES string of the molecule is CCCCCCCCCCCCCC/C=C/C=C/CCCCCCCCC(=O)OC[C@H](CO[P+]([O-])(O)OCC[N+](C)(C)C)OC(=O)CCCCCCCC/C=C/C=C/CCCCCCCCCCCCCC. The number of carbonyl (C=O) groups excluding carboxylic acids is 2. The molecule has 9 nitrogen and oxygen atoms in total. The molecule has 0 bridgehead atoms. The summed E-state index contributed by atoms with van der Waals surface area (Å²) < 4.78 is 22.0. The van der Waals surface area contributed by atoms with E-state index in [2.05, 4.69) is 62.5 Å². The van der Waals surface area contributed by atoms with Crippen molar-refractivity contribution in [3.05, 3.63) is 48.6 Å². The molecule has 0 saturated carbocycles. The lowest BCUT2D eigenvalue weighted by Crippen LogP contribution is -2.38. The van der Waals surface area contributed by atoms with Crippen molar-refractivity contribution in [1.29, 1.82) is 0 Å². The summed E-state index contributed by atoms with van der Waals surface area (Å²) in [5, 5.41) is 0. The number of quaternary nitrogens is 1. The number of ether oxygens (including phenoxy) is 2. The monoisotopic (exact) mass is 1030 g/mol. The van der Waals surface area contributed by atoms with E-state index >= 15 is 0 Å². The maximum atomic E-state index is 12.8. The van der Waals surface area contributed by atoms with Crippen LogP contribution < -0.4 is 4.89 Å². The summed E-state index contributed by atoms with van der Waals surface area (Å²) in [5.41, 5.74) is 0. The highest BCUT2D eigenvalue weighted by Gasteiger charge is 2.31. The topological polar surface area (TPSA) is 114 Å². The second kappa shape index (κ2) is 53.9. The Hall–Kier alpha value is -1.87. The summed E-state index contributed by atoms with van der Waals surface area (Å²) in [7, 11) is 1.47. The molecular weight excluding hydrogens is 918 g/mol. The van der Waals surface area contributed by atoms with Crippen LogP contribution >= 0.6 is 8.17 Å². The first-order valence-electron chi connectivity index (χ1n) is 30.4. The lowest BCUT2D eigenvalue weighted by molar-refractivity contribution is -0.870. The van der Waals surface area contributed by atoms with Gasteiger partial charge in [0.25, 0.3) is 0 Å². The number of esters is 2. The minimum Gasteiger partial charge on any atom is -0.606 e. The third-order valence-electron chi connectivity index (χ3n) is 13.4. The van der Waals surface area contributed by atoms with Gasteiger partial charge in [-0.05, 0) is 64.2 Å². The van der Waals surface area contributed by atoms with Crippen molar-refractivity contribution in [1.82, 2.24) is 0 Å². The number of allylic oxidation sites excluding steroid dienone is 8. The normalized spacial score (nSPS) is 13.6. The molecule has 0 aliphatic carbocycles. The van der Waals surface area contributed by atoms with Gasteiger partial charge in [0.1, 0.15) is 26.4 Å². The highest BCUT2D eigenvalue weighted by atomic mass is 31.2. The minimum absolute atomic E-state index is 0.0263. The van der Waals surface area contributed by atoms with Crippen LogP contribution in [-0.2, 0) is 28.1 Å². The van der Waals surface area contributed by atoms with Gasteiger partial charge in [0.2, 0.25) is 0 Å². The molecule has 0 aromatic heterocycles. The number of likely N-dealkylation sites (N-methyl/N-ethyl adjacent to an activating group) is 1. The van der Waals surface area contributed by atoms with Gasteiger partial charge >= 0.3 is 20.1 Å². The highest BCUT2D eigenvalue weighted by molar-refractivity contribution is 7.52. The summed E-state index contributed by atoms with van der Waals surface area (Å²) in [6, 6.07) is 0. The molecule has 72 heavy (non-hydrogen) atoms. The molecule has 10 heteroatoms. The third-order valence-corrected chi connectivity index (χ3v) is 14.4. The first kappa shape index (κ1) is 70.1. The van der Waals surface area contributed by atoms with E-state index in [-0.39, 0.29) is 32.0 Å². The molecule has 0 radical (unpaired) electrons. The summed E-state index contributed by atoms with van der Waals surface area (Å²) >= 11 is 0. The molecule has 2 atom stereocenters. The Morgan fingerprint density at radius 1 is 0.444 bits per heavy atom. The van der Waals surface area contributed by atoms with Gasteiger partial charge in [0.15, 0.2) is 6.10 Å². The number of nitrogens with zero attached hydrogens (tertiary/aromatic N) is 1. The van der Waals surface area contributed by atoms with Gasteiger partial charge in [-0.15, -0.1) is 0 Å². The number of rotatable bonds is 56. The smallest absolute Gasteiger partial charge is 0.377 e. The molecule has 0 amide bonds. The predicted molar refractivity (Wildman–Crippen MR) is 307 cm³/mol. The van der Waals surface area contributed by atoms with Crippen molar-refractivity contribution in [2.75, 3.05) is 47.5 Å². The largest absolute Gasteiger partial charge is 0.606 e. The van der Waals surface area contributed by atoms with E-state index in [1.165, 1.54) is 180 Å². The number of carbonyl (C=O) groups is 2. The Kier molecular flexibility index (Phi) is 52.5. The van der Waals surface area contributed by atoms with Gasteiger partial charge in [-0.25, -0.2) is 0 Å². The molecule has 0 spiro atoms. The fourth-order valence-corrected chi connectivity index (χ4v) is 9.39. The standard InChI is InChI=1S/C62H116NO8P/c1-6-8-10-12-14-16-18-20-22-24-26-28-30-32-34-36-38-40-42-44-46-48-50-52-54-61(64)68-58-60(59-70-72(66,67)69-57-56-63(3,4)5)71-62(65)55-53-51-49-47-45-43-41-39-37-35-33-31-29-27-25-23-21-19-17-15-13-11-9-7-2/h32-39,60H,6-31,40-59H2,1-5H3/p+1/b34-32+,35-33+,38-36+,39-37+/t60-/m1/s1. The highest BCUT2D eigenvalue weighted by Crippen LogP contribution is 2.47. The Balaban J connectivity index is 4.19. The van der Waals surface area contributed by atoms with Gasteiger partial charge in [0.05, 0.1) is 21.1 Å². The quantitative estimate of drug-likeness (QED) is 0.0211. The predicted octanol–water partition coefficient (Wildman–Crippen LogP) is 17.9. The summed E-state index contributed by atoms with van der Waals surface area (Å²) in [5.74, 6) is -0.816. The maximum Gasteiger partial charge on any atom is 0.377 e. The van der Waals surface area contributed by atoms with Crippen LogP contribution in [-0.4, -0.2) is 74.9 Å². The molecule has 0 aromatic carbocycles. The zero-order valence-electron chi connectivity index (χ0n) is 47.9. The summed E-state index contributed by atoms with van der Waals surface area (Å²) in [4.78, 5) is 48.3. The van der Waals surface area contributed by atoms with Crippen LogP contribution in [0.15, 0.2) is 48.6 Å². The van der Waals surface area contributed by atoms with Gasteiger partial charge < -0.3 is 18.9 Å². The Morgan fingerprint density at radius 3 is 1.08 bits per heavy atom. The summed E-state index contributed by atoms with van der Waals surface area (Å²) in [6.07, 6.45) is 67.6. The van der Waals surface area contributed by atoms with E-state index in [9.17, 15) is 19.4 Å². The fraction of sp³-hybridized carbons (Fsp3) is 0.839. The second-order valence-electron chi connectivity index (χ2n) is 21.8. The lowest BCUT2D eigenvalue weighted by Gasteiger charge is -2.26. The number of hydrogen-bond donors (Lipinski definition) is 1. The van der Waals surface area contributed by atoms with Gasteiger partial charge in [0, 0.05) is 12.8 Å². The van der Waals surface area contributed by atoms with E-state index in [1.807, 2.05) is 21.1 Å². The third kappa shape index (κ3) is 57.4. The lowest BCUT2D eigenvalue weighted by atomic mass is 10.0. The molecule has 0 aromatic rings. The molecule has 422 valence electrons. The van der Waals surface area contributed by atoms with Crippen LogP contribution in [0.2, 0.25) is 0 Å². The zero-order valence-corrected chi connectivity index (χ0v) is 48.8. The van der Waals surface area contributed by atoms with Crippen LogP contribution in [0.25, 0.3) is 0 Å². The number of phosphoric ester groups is 1. The van der Waals surface area contributed by atoms with E-state index in [0.717, 1.165) is 70.6 Å². The van der Waals surface area contributed by atoms with Crippen molar-refractivity contribution < 1.29 is 42.4 Å². The number of phosphoric acid groups is 1. The Bertz CT molecular complexity index is 1290. The molecule has 0 heterocycles. The van der Waals surface area contributed by atoms with E-state index in [4.69, 9.17) is 18.5 Å². The van der Waals surface area contributed by atoms with Crippen LogP contribution in [0.3, 0.4) is 0 Å². The average Bonchev–Trinajstić information content (AvgIpc) is 3.34. The number of unbranched alkanes of at least 4 members (excludes halogenated alkanes) is 36. The average molecular weight is 1040 g/mol. The van der Waals surface area contributed by atoms with Gasteiger partial charge in [-0.2, -0.15) is 13.9 Å². The zero-order chi connectivity index (χ0) is 52.7. The van der Waals surface area contributed by atoms with Crippen LogP contribution in [0.5, 0.6) is 0 Å². The fourth-order valence-electron chi connectivity index (χ4n) is 8.65. The molecule has 0 saturated heterocycles. The second-order valence-corrected chi connectivity index (χ2v) is 23.2. The van der Waals surface area contributed by atoms with Crippen molar-refractivity contribution in [2.24, 2.45) is 0 Å². The Labute approximate surface area is 446 Å². The van der Waals surface area contributed by atoms with E-state index < -0.39 is 26.9 Å².